The summed E-state index contributed by atoms with van der Waals surface area (Å²) in [6, 6.07) is 3.94. The molecule has 0 spiro atoms. The number of benzene rings is 1. The first kappa shape index (κ1) is 16.9. The highest BCUT2D eigenvalue weighted by Gasteiger charge is 2.22. The van der Waals surface area contributed by atoms with Crippen molar-refractivity contribution in [1.82, 2.24) is 9.55 Å². The van der Waals surface area contributed by atoms with Gasteiger partial charge >= 0.3 is 5.82 Å². The number of anilines is 1. The highest BCUT2D eigenvalue weighted by Crippen LogP contribution is 2.29. The van der Waals surface area contributed by atoms with E-state index in [1.165, 1.54) is 32.2 Å². The number of hydrogen-bond donors (Lipinski definition) is 1. The summed E-state index contributed by atoms with van der Waals surface area (Å²) >= 11 is 0. The van der Waals surface area contributed by atoms with E-state index < -0.39 is 22.3 Å². The molecule has 0 unspecified atom stereocenters. The lowest BCUT2D eigenvalue weighted by molar-refractivity contribution is -0.392. The minimum atomic E-state index is -0.664. The number of nitro benzene ring substituents is 1. The number of carbonyl (C=O) groups excluding carboxylic acids is 1. The molecular weight excluding hydrogens is 322 g/mol. The van der Waals surface area contributed by atoms with E-state index in [1.807, 2.05) is 0 Å². The van der Waals surface area contributed by atoms with Crippen molar-refractivity contribution in [3.05, 3.63) is 50.4 Å². The Labute approximate surface area is 135 Å². The monoisotopic (exact) mass is 335 g/mol. The molecule has 1 aromatic heterocycles. The van der Waals surface area contributed by atoms with Gasteiger partial charge in [-0.25, -0.2) is 9.55 Å². The van der Waals surface area contributed by atoms with Crippen LogP contribution in [-0.2, 0) is 11.3 Å². The summed E-state index contributed by atoms with van der Waals surface area (Å²) in [4.78, 5) is 36.5. The first-order chi connectivity index (χ1) is 11.3. The van der Waals surface area contributed by atoms with Crippen LogP contribution < -0.4 is 10.1 Å². The Morgan fingerprint density at radius 2 is 2.04 bits per heavy atom. The third-order valence-corrected chi connectivity index (χ3v) is 3.20. The third kappa shape index (κ3) is 3.45. The summed E-state index contributed by atoms with van der Waals surface area (Å²) < 4.78 is 6.01. The number of nitrogens with one attached hydrogen (secondary N) is 1. The molecule has 1 heterocycles. The number of nitrogens with zero attached hydrogens (tertiary/aromatic N) is 4. The number of hydrogen-bond acceptors (Lipinski definition) is 7. The third-order valence-electron chi connectivity index (χ3n) is 3.20. The van der Waals surface area contributed by atoms with E-state index in [2.05, 4.69) is 10.3 Å². The molecule has 11 heteroatoms. The van der Waals surface area contributed by atoms with Crippen LogP contribution in [0.25, 0.3) is 0 Å². The number of aromatic nitrogens is 2. The van der Waals surface area contributed by atoms with E-state index in [1.54, 1.807) is 0 Å². The molecule has 0 fully saturated rings. The van der Waals surface area contributed by atoms with E-state index in [0.29, 0.717) is 0 Å². The van der Waals surface area contributed by atoms with Gasteiger partial charge in [-0.2, -0.15) is 0 Å². The molecule has 2 rings (SSSR count). The zero-order valence-electron chi connectivity index (χ0n) is 12.8. The number of amides is 1. The SMILES string of the molecule is COc1ccc(NC(=O)Cn2c([N+](=O)[O-])cnc2C)c([N+](=O)[O-])c1. The molecule has 0 aliphatic heterocycles. The van der Waals surface area contributed by atoms with E-state index in [4.69, 9.17) is 4.74 Å². The molecule has 0 aliphatic carbocycles. The van der Waals surface area contributed by atoms with E-state index in [9.17, 15) is 25.0 Å². The Kier molecular flexibility index (Phi) is 4.73. The Bertz CT molecular complexity index is 815. The van der Waals surface area contributed by atoms with Gasteiger partial charge in [0.25, 0.3) is 11.6 Å². The van der Waals surface area contributed by atoms with Gasteiger partial charge in [-0.1, -0.05) is 0 Å². The average molecular weight is 335 g/mol. The lowest BCUT2D eigenvalue weighted by Crippen LogP contribution is -2.21. The molecule has 1 amide bonds. The van der Waals surface area contributed by atoms with Gasteiger partial charge in [-0.3, -0.25) is 14.9 Å². The van der Waals surface area contributed by atoms with Crippen LogP contribution in [0.15, 0.2) is 24.4 Å². The molecule has 0 bridgehead atoms. The van der Waals surface area contributed by atoms with Crippen molar-refractivity contribution in [3.63, 3.8) is 0 Å². The molecule has 24 heavy (non-hydrogen) atoms. The minimum absolute atomic E-state index is 0.0359. The molecule has 0 atom stereocenters. The highest BCUT2D eigenvalue weighted by atomic mass is 16.6. The number of carbonyl (C=O) groups is 1. The molecule has 126 valence electrons. The zero-order valence-corrected chi connectivity index (χ0v) is 12.8. The molecule has 0 aliphatic rings. The predicted octanol–water partition coefficient (Wildman–Crippen LogP) is 1.66. The second-order valence-corrected chi connectivity index (χ2v) is 4.70. The van der Waals surface area contributed by atoms with Crippen LogP contribution in [-0.4, -0.2) is 32.4 Å². The molecule has 0 saturated carbocycles. The van der Waals surface area contributed by atoms with Crippen LogP contribution in [0.3, 0.4) is 0 Å². The number of ether oxygens (including phenoxy) is 1. The van der Waals surface area contributed by atoms with E-state index in [-0.39, 0.29) is 28.8 Å². The van der Waals surface area contributed by atoms with Crippen LogP contribution in [0.4, 0.5) is 17.2 Å². The van der Waals surface area contributed by atoms with Gasteiger partial charge in [0, 0.05) is 6.92 Å². The van der Waals surface area contributed by atoms with Crippen molar-refractivity contribution in [2.75, 3.05) is 12.4 Å². The minimum Gasteiger partial charge on any atom is -0.496 e. The topological polar surface area (TPSA) is 142 Å². The Hall–Kier alpha value is -3.50. The number of rotatable bonds is 6. The predicted molar refractivity (Wildman–Crippen MR) is 81.9 cm³/mol. The van der Waals surface area contributed by atoms with Crippen LogP contribution in [0.2, 0.25) is 0 Å². The number of methoxy groups -OCH3 is 1. The molecule has 11 nitrogen and oxygen atoms in total. The molecular formula is C13H13N5O6. The average Bonchev–Trinajstić information content (AvgIpc) is 2.88. The van der Waals surface area contributed by atoms with Crippen LogP contribution in [0.5, 0.6) is 5.75 Å². The highest BCUT2D eigenvalue weighted by molar-refractivity contribution is 5.93. The van der Waals surface area contributed by atoms with Gasteiger partial charge in [0.05, 0.1) is 18.1 Å². The van der Waals surface area contributed by atoms with Gasteiger partial charge in [-0.05, 0) is 17.1 Å². The Morgan fingerprint density at radius 1 is 1.33 bits per heavy atom. The first-order valence-corrected chi connectivity index (χ1v) is 6.62. The van der Waals surface area contributed by atoms with Gasteiger partial charge in [0.1, 0.15) is 17.6 Å². The summed E-state index contributed by atoms with van der Waals surface area (Å²) in [6.45, 7) is 1.11. The fourth-order valence-electron chi connectivity index (χ4n) is 2.03. The fraction of sp³-hybridized carbons (Fsp3) is 0.231. The van der Waals surface area contributed by atoms with Crippen molar-refractivity contribution >= 4 is 23.1 Å². The van der Waals surface area contributed by atoms with Crippen molar-refractivity contribution in [3.8, 4) is 5.75 Å². The normalized spacial score (nSPS) is 10.2. The second kappa shape index (κ2) is 6.73. The van der Waals surface area contributed by atoms with Crippen molar-refractivity contribution in [2.24, 2.45) is 0 Å². The maximum atomic E-state index is 12.1. The van der Waals surface area contributed by atoms with Gasteiger partial charge in [0.15, 0.2) is 12.4 Å². The van der Waals surface area contributed by atoms with Crippen molar-refractivity contribution in [2.45, 2.75) is 13.5 Å². The van der Waals surface area contributed by atoms with Crippen LogP contribution in [0, 0.1) is 27.2 Å². The van der Waals surface area contributed by atoms with Crippen molar-refractivity contribution in [1.29, 1.82) is 0 Å². The number of aryl methyl sites for hydroxylation is 1. The summed E-state index contributed by atoms with van der Waals surface area (Å²) in [5.74, 6) is -0.457. The smallest absolute Gasteiger partial charge is 0.343 e. The lowest BCUT2D eigenvalue weighted by atomic mass is 10.2. The van der Waals surface area contributed by atoms with E-state index in [0.717, 1.165) is 10.8 Å². The van der Waals surface area contributed by atoms with E-state index >= 15 is 0 Å². The molecule has 0 radical (unpaired) electrons. The maximum Gasteiger partial charge on any atom is 0.343 e. The van der Waals surface area contributed by atoms with Gasteiger partial charge in [-0.15, -0.1) is 0 Å². The Balaban J connectivity index is 2.23. The fourth-order valence-corrected chi connectivity index (χ4v) is 2.03. The zero-order chi connectivity index (χ0) is 17.9. The maximum absolute atomic E-state index is 12.1. The quantitative estimate of drug-likeness (QED) is 0.624. The standard InChI is InChI=1S/C13H13N5O6/c1-8-14-6-13(18(22)23)16(8)7-12(19)15-10-4-3-9(24-2)5-11(10)17(20)21/h3-6H,7H2,1-2H3,(H,15,19). The largest absolute Gasteiger partial charge is 0.496 e. The Morgan fingerprint density at radius 3 is 2.62 bits per heavy atom. The van der Waals surface area contributed by atoms with Crippen LogP contribution in [0.1, 0.15) is 5.82 Å². The summed E-state index contributed by atoms with van der Waals surface area (Å²) in [7, 11) is 1.36. The van der Waals surface area contributed by atoms with Gasteiger partial charge < -0.3 is 20.2 Å². The molecule has 2 aromatic rings. The summed E-state index contributed by atoms with van der Waals surface area (Å²) in [5, 5.41) is 24.3. The first-order valence-electron chi connectivity index (χ1n) is 6.62. The summed E-state index contributed by atoms with van der Waals surface area (Å²) in [6.07, 6.45) is 1.04. The van der Waals surface area contributed by atoms with Gasteiger partial charge in [0.2, 0.25) is 0 Å². The molecule has 1 aromatic carbocycles. The van der Waals surface area contributed by atoms with Crippen molar-refractivity contribution < 1.29 is 19.4 Å². The second-order valence-electron chi connectivity index (χ2n) is 4.70. The molecule has 1 N–H and O–H groups in total. The number of nitro groups is 2. The lowest BCUT2D eigenvalue weighted by Gasteiger charge is -2.07. The molecule has 0 saturated heterocycles. The summed E-state index contributed by atoms with van der Waals surface area (Å²) in [5.41, 5.74) is -0.384. The number of imidazole rings is 1. The van der Waals surface area contributed by atoms with Crippen LogP contribution >= 0.6 is 0 Å².